The fourth-order valence-electron chi connectivity index (χ4n) is 3.69. The third-order valence-corrected chi connectivity index (χ3v) is 4.67. The molecule has 21 heavy (non-hydrogen) atoms. The van der Waals surface area contributed by atoms with E-state index < -0.39 is 0 Å². The zero-order valence-corrected chi connectivity index (χ0v) is 12.0. The first kappa shape index (κ1) is 12.9. The van der Waals surface area contributed by atoms with E-state index in [-0.39, 0.29) is 6.04 Å². The van der Waals surface area contributed by atoms with Gasteiger partial charge in [-0.05, 0) is 31.5 Å². The van der Waals surface area contributed by atoms with E-state index in [0.29, 0.717) is 6.04 Å². The van der Waals surface area contributed by atoms with Crippen LogP contribution >= 0.6 is 0 Å². The van der Waals surface area contributed by atoms with Crippen molar-refractivity contribution in [1.82, 2.24) is 4.90 Å². The number of nitrogens with two attached hydrogens (primary N) is 1. The molecule has 2 aliphatic heterocycles. The number of hydrogen-bond donors (Lipinski definition) is 1. The van der Waals surface area contributed by atoms with E-state index in [1.165, 1.54) is 24.0 Å². The monoisotopic (exact) mass is 280 g/mol. The molecule has 0 aliphatic carbocycles. The number of ether oxygens (including phenoxy) is 1. The summed E-state index contributed by atoms with van der Waals surface area (Å²) in [4.78, 5) is 2.56. The van der Waals surface area contributed by atoms with Crippen molar-refractivity contribution in [3.63, 3.8) is 0 Å². The zero-order valence-electron chi connectivity index (χ0n) is 12.0. The van der Waals surface area contributed by atoms with E-state index >= 15 is 0 Å². The summed E-state index contributed by atoms with van der Waals surface area (Å²) in [5.74, 6) is 1.95. The van der Waals surface area contributed by atoms with Gasteiger partial charge in [-0.2, -0.15) is 0 Å². The van der Waals surface area contributed by atoms with Gasteiger partial charge in [-0.1, -0.05) is 36.4 Å². The van der Waals surface area contributed by atoms with Crippen LogP contribution in [0.5, 0.6) is 11.5 Å². The summed E-state index contributed by atoms with van der Waals surface area (Å²) in [7, 11) is 0. The van der Waals surface area contributed by atoms with Crippen LogP contribution in [0.25, 0.3) is 0 Å². The Hall–Kier alpha value is -1.84. The van der Waals surface area contributed by atoms with Crippen molar-refractivity contribution >= 4 is 0 Å². The second kappa shape index (κ2) is 5.17. The van der Waals surface area contributed by atoms with Crippen LogP contribution in [0.1, 0.15) is 30.0 Å². The number of rotatable bonds is 2. The average Bonchev–Trinajstić information content (AvgIpc) is 3.00. The maximum absolute atomic E-state index is 6.08. The van der Waals surface area contributed by atoms with Crippen molar-refractivity contribution < 1.29 is 4.74 Å². The molecule has 2 heterocycles. The third-order valence-electron chi connectivity index (χ3n) is 4.67. The summed E-state index contributed by atoms with van der Waals surface area (Å²) in [6.45, 7) is 1.83. The first-order valence-corrected chi connectivity index (χ1v) is 7.70. The number of nitrogens with zero attached hydrogens (tertiary/aromatic N) is 1. The maximum Gasteiger partial charge on any atom is 0.132 e. The largest absolute Gasteiger partial charge is 0.457 e. The normalized spacial score (nSPS) is 21.7. The van der Waals surface area contributed by atoms with Crippen LogP contribution in [-0.2, 0) is 0 Å². The first-order valence-electron chi connectivity index (χ1n) is 7.70. The quantitative estimate of drug-likeness (QED) is 0.917. The van der Waals surface area contributed by atoms with Gasteiger partial charge in [0.2, 0.25) is 0 Å². The molecule has 0 radical (unpaired) electrons. The van der Waals surface area contributed by atoms with Crippen LogP contribution < -0.4 is 10.5 Å². The smallest absolute Gasteiger partial charge is 0.132 e. The molecule has 3 nitrogen and oxygen atoms in total. The summed E-state index contributed by atoms with van der Waals surface area (Å²) >= 11 is 0. The molecule has 0 bridgehead atoms. The molecule has 0 amide bonds. The molecule has 3 heteroatoms. The molecule has 2 N–H and O–H groups in total. The SMILES string of the molecule is NCC1CCCN1C1c2ccccc2Oc2ccccc21. The van der Waals surface area contributed by atoms with Crippen LogP contribution in [0.3, 0.4) is 0 Å². The molecule has 2 aromatic rings. The van der Waals surface area contributed by atoms with Gasteiger partial charge in [-0.15, -0.1) is 0 Å². The van der Waals surface area contributed by atoms with Crippen LogP contribution in [0.2, 0.25) is 0 Å². The predicted octanol–water partition coefficient (Wildman–Crippen LogP) is 3.30. The van der Waals surface area contributed by atoms with Gasteiger partial charge in [-0.25, -0.2) is 0 Å². The van der Waals surface area contributed by atoms with Gasteiger partial charge in [0, 0.05) is 23.7 Å². The van der Waals surface area contributed by atoms with Crippen LogP contribution in [-0.4, -0.2) is 24.0 Å². The highest BCUT2D eigenvalue weighted by atomic mass is 16.5. The second-order valence-electron chi connectivity index (χ2n) is 5.85. The second-order valence-corrected chi connectivity index (χ2v) is 5.85. The average molecular weight is 280 g/mol. The summed E-state index contributed by atoms with van der Waals surface area (Å²) < 4.78 is 6.08. The number of fused-ring (bicyclic) bond motifs is 2. The van der Waals surface area contributed by atoms with E-state index in [0.717, 1.165) is 24.6 Å². The molecule has 2 aromatic carbocycles. The highest BCUT2D eigenvalue weighted by Crippen LogP contribution is 2.47. The highest BCUT2D eigenvalue weighted by Gasteiger charge is 2.36. The third kappa shape index (κ3) is 2.04. The van der Waals surface area contributed by atoms with Crippen molar-refractivity contribution in [2.45, 2.75) is 24.9 Å². The lowest BCUT2D eigenvalue weighted by Gasteiger charge is -2.37. The van der Waals surface area contributed by atoms with Gasteiger partial charge in [0.1, 0.15) is 11.5 Å². The lowest BCUT2D eigenvalue weighted by atomic mass is 9.92. The molecule has 2 aliphatic rings. The molecule has 0 saturated carbocycles. The summed E-state index contributed by atoms with van der Waals surface area (Å²) in [5.41, 5.74) is 8.52. The van der Waals surface area contributed by atoms with E-state index in [4.69, 9.17) is 10.5 Å². The van der Waals surface area contributed by atoms with Gasteiger partial charge >= 0.3 is 0 Å². The van der Waals surface area contributed by atoms with Gasteiger partial charge < -0.3 is 10.5 Å². The minimum Gasteiger partial charge on any atom is -0.457 e. The number of hydrogen-bond acceptors (Lipinski definition) is 3. The van der Waals surface area contributed by atoms with Gasteiger partial charge in [-0.3, -0.25) is 4.90 Å². The Kier molecular flexibility index (Phi) is 3.17. The molecule has 1 fully saturated rings. The van der Waals surface area contributed by atoms with Crippen molar-refractivity contribution in [3.05, 3.63) is 59.7 Å². The Morgan fingerprint density at radius 2 is 1.62 bits per heavy atom. The molecule has 1 unspecified atom stereocenters. The molecule has 0 spiro atoms. The summed E-state index contributed by atoms with van der Waals surface area (Å²) in [6.07, 6.45) is 2.42. The minimum absolute atomic E-state index is 0.266. The van der Waals surface area contributed by atoms with Crippen molar-refractivity contribution in [1.29, 1.82) is 0 Å². The molecule has 0 aromatic heterocycles. The van der Waals surface area contributed by atoms with E-state index in [9.17, 15) is 0 Å². The highest BCUT2D eigenvalue weighted by molar-refractivity contribution is 5.53. The summed E-state index contributed by atoms with van der Waals surface area (Å²) in [6, 6.07) is 17.5. The van der Waals surface area contributed by atoms with Crippen LogP contribution in [0.15, 0.2) is 48.5 Å². The van der Waals surface area contributed by atoms with E-state index in [1.54, 1.807) is 0 Å². The molecule has 4 rings (SSSR count). The minimum atomic E-state index is 0.266. The van der Waals surface area contributed by atoms with Crippen molar-refractivity contribution in [2.24, 2.45) is 5.73 Å². The lowest BCUT2D eigenvalue weighted by molar-refractivity contribution is 0.199. The van der Waals surface area contributed by atoms with E-state index in [2.05, 4.69) is 41.3 Å². The number of para-hydroxylation sites is 2. The Bertz CT molecular complexity index is 610. The molecular formula is C18H20N2O. The zero-order chi connectivity index (χ0) is 14.2. The number of benzene rings is 2. The lowest BCUT2D eigenvalue weighted by Crippen LogP contribution is -2.39. The van der Waals surface area contributed by atoms with Crippen LogP contribution in [0, 0.1) is 0 Å². The van der Waals surface area contributed by atoms with Gasteiger partial charge in [0.15, 0.2) is 0 Å². The Morgan fingerprint density at radius 1 is 1.00 bits per heavy atom. The molecule has 1 saturated heterocycles. The van der Waals surface area contributed by atoms with Crippen molar-refractivity contribution in [2.75, 3.05) is 13.1 Å². The molecule has 108 valence electrons. The summed E-state index contributed by atoms with van der Waals surface area (Å²) in [5, 5.41) is 0. The van der Waals surface area contributed by atoms with Gasteiger partial charge in [0.25, 0.3) is 0 Å². The van der Waals surface area contributed by atoms with Gasteiger partial charge in [0.05, 0.1) is 6.04 Å². The topological polar surface area (TPSA) is 38.5 Å². The number of likely N-dealkylation sites (tertiary alicyclic amines) is 1. The van der Waals surface area contributed by atoms with E-state index in [1.807, 2.05) is 12.1 Å². The van der Waals surface area contributed by atoms with Crippen LogP contribution in [0.4, 0.5) is 0 Å². The standard InChI is InChI=1S/C18H20N2O/c19-12-13-6-5-11-20(13)18-14-7-1-3-9-16(14)21-17-10-4-2-8-15(17)18/h1-4,7-10,13,18H,5-6,11-12,19H2. The fourth-order valence-corrected chi connectivity index (χ4v) is 3.69. The predicted molar refractivity (Wildman–Crippen MR) is 83.6 cm³/mol. The van der Waals surface area contributed by atoms with Crippen molar-refractivity contribution in [3.8, 4) is 11.5 Å². The first-order chi connectivity index (χ1) is 10.4. The molecule has 1 atom stereocenters. The maximum atomic E-state index is 6.08. The fraction of sp³-hybridized carbons (Fsp3) is 0.333. The molecular weight excluding hydrogens is 260 g/mol. The Balaban J connectivity index is 1.85. The Morgan fingerprint density at radius 3 is 2.24 bits per heavy atom. The Labute approximate surface area is 125 Å².